The zero-order valence-electron chi connectivity index (χ0n) is 16.7. The number of anilines is 2. The van der Waals surface area contributed by atoms with Gasteiger partial charge in [0, 0.05) is 25.3 Å². The Bertz CT molecular complexity index is 1010. The van der Waals surface area contributed by atoms with Gasteiger partial charge in [0.1, 0.15) is 11.4 Å². The third-order valence-electron chi connectivity index (χ3n) is 5.73. The van der Waals surface area contributed by atoms with Gasteiger partial charge >= 0.3 is 5.97 Å². The summed E-state index contributed by atoms with van der Waals surface area (Å²) in [6.07, 6.45) is 4.08. The standard InChI is InChI=1S/C20H25FN4O3.2ClH/c1-2-23-8-11-5-6-24(9-11)18-15(21)7-13-17(16(18)22)25(12-3-4-12)10-14(19(13)26)20(27)28;;/h7,10-12,23H,2-6,8-9,22H2,1H3,(H,27,28);2*1H. The zero-order chi connectivity index (χ0) is 20.0. The number of rotatable bonds is 6. The molecule has 2 aromatic rings. The summed E-state index contributed by atoms with van der Waals surface area (Å²) in [6.45, 7) is 5.21. The van der Waals surface area contributed by atoms with Crippen molar-refractivity contribution in [3.63, 3.8) is 0 Å². The lowest BCUT2D eigenvalue weighted by Gasteiger charge is -2.24. The molecule has 166 valence electrons. The van der Waals surface area contributed by atoms with Crippen LogP contribution in [-0.2, 0) is 0 Å². The average Bonchev–Trinajstić information content (AvgIpc) is 3.39. The molecule has 1 unspecified atom stereocenters. The summed E-state index contributed by atoms with van der Waals surface area (Å²) >= 11 is 0. The third-order valence-corrected chi connectivity index (χ3v) is 5.73. The van der Waals surface area contributed by atoms with Crippen LogP contribution < -0.4 is 21.4 Å². The van der Waals surface area contributed by atoms with Crippen molar-refractivity contribution in [1.82, 2.24) is 9.88 Å². The number of benzene rings is 1. The molecule has 2 heterocycles. The third kappa shape index (κ3) is 4.22. The molecule has 0 spiro atoms. The van der Waals surface area contributed by atoms with Gasteiger partial charge in [-0.1, -0.05) is 6.92 Å². The van der Waals surface area contributed by atoms with Gasteiger partial charge in [-0.3, -0.25) is 4.79 Å². The van der Waals surface area contributed by atoms with Crippen LogP contribution in [0.2, 0.25) is 0 Å². The first-order valence-electron chi connectivity index (χ1n) is 9.78. The van der Waals surface area contributed by atoms with E-state index < -0.39 is 17.2 Å². The van der Waals surface area contributed by atoms with Crippen LogP contribution in [0.1, 0.15) is 42.6 Å². The molecule has 4 N–H and O–H groups in total. The van der Waals surface area contributed by atoms with Crippen LogP contribution >= 0.6 is 24.8 Å². The van der Waals surface area contributed by atoms with E-state index in [1.807, 2.05) is 4.90 Å². The minimum absolute atomic E-state index is 0. The number of nitrogens with one attached hydrogen (secondary N) is 1. The maximum absolute atomic E-state index is 15.0. The van der Waals surface area contributed by atoms with Crippen LogP contribution in [0.25, 0.3) is 10.9 Å². The number of hydrogen-bond donors (Lipinski definition) is 3. The molecule has 1 aliphatic carbocycles. The maximum atomic E-state index is 15.0. The number of carboxylic acid groups (broad SMARTS) is 1. The number of aromatic carboxylic acids is 1. The van der Waals surface area contributed by atoms with Gasteiger partial charge < -0.3 is 25.6 Å². The molecule has 1 saturated carbocycles. The summed E-state index contributed by atoms with van der Waals surface area (Å²) in [5.41, 5.74) is 6.35. The molecular formula is C20H27Cl2FN4O3. The highest BCUT2D eigenvalue weighted by Crippen LogP contribution is 2.42. The fourth-order valence-corrected chi connectivity index (χ4v) is 4.17. The van der Waals surface area contributed by atoms with E-state index in [1.54, 1.807) is 4.57 Å². The quantitative estimate of drug-likeness (QED) is 0.572. The van der Waals surface area contributed by atoms with Crippen molar-refractivity contribution in [3.05, 3.63) is 33.9 Å². The van der Waals surface area contributed by atoms with E-state index in [2.05, 4.69) is 12.2 Å². The Kier molecular flexibility index (Phi) is 7.60. The van der Waals surface area contributed by atoms with E-state index in [9.17, 15) is 14.7 Å². The van der Waals surface area contributed by atoms with Gasteiger partial charge in [-0.05, 0) is 44.3 Å². The molecule has 0 amide bonds. The summed E-state index contributed by atoms with van der Waals surface area (Å²) in [5.74, 6) is -1.47. The van der Waals surface area contributed by atoms with Crippen molar-refractivity contribution in [2.24, 2.45) is 5.92 Å². The second-order valence-electron chi connectivity index (χ2n) is 7.74. The van der Waals surface area contributed by atoms with Gasteiger partial charge in [0.05, 0.1) is 22.3 Å². The first-order valence-corrected chi connectivity index (χ1v) is 9.78. The van der Waals surface area contributed by atoms with E-state index in [0.717, 1.165) is 38.4 Å². The van der Waals surface area contributed by atoms with Crippen molar-refractivity contribution in [1.29, 1.82) is 0 Å². The number of nitrogens with zero attached hydrogens (tertiary/aromatic N) is 2. The molecule has 2 fully saturated rings. The van der Waals surface area contributed by atoms with Gasteiger partial charge in [-0.25, -0.2) is 9.18 Å². The monoisotopic (exact) mass is 460 g/mol. The fourth-order valence-electron chi connectivity index (χ4n) is 4.17. The number of carboxylic acids is 1. The topological polar surface area (TPSA) is 101 Å². The predicted octanol–water partition coefficient (Wildman–Crippen LogP) is 3.04. The Morgan fingerprint density at radius 1 is 1.33 bits per heavy atom. The van der Waals surface area contributed by atoms with Crippen LogP contribution in [0.5, 0.6) is 0 Å². The summed E-state index contributed by atoms with van der Waals surface area (Å²) in [4.78, 5) is 26.1. The number of hydrogen-bond acceptors (Lipinski definition) is 5. The number of fused-ring (bicyclic) bond motifs is 1. The maximum Gasteiger partial charge on any atom is 0.341 e. The van der Waals surface area contributed by atoms with Crippen molar-refractivity contribution >= 4 is 53.1 Å². The zero-order valence-corrected chi connectivity index (χ0v) is 18.3. The first-order chi connectivity index (χ1) is 13.4. The van der Waals surface area contributed by atoms with E-state index in [0.29, 0.717) is 30.2 Å². The molecule has 7 nitrogen and oxygen atoms in total. The molecule has 10 heteroatoms. The SMILES string of the molecule is CCNCC1CCN(c2c(F)cc3c(=O)c(C(=O)O)cn(C4CC4)c3c2N)C1.Cl.Cl. The minimum Gasteiger partial charge on any atom is -0.477 e. The van der Waals surface area contributed by atoms with Crippen molar-refractivity contribution < 1.29 is 14.3 Å². The lowest BCUT2D eigenvalue weighted by atomic mass is 10.1. The van der Waals surface area contributed by atoms with E-state index >= 15 is 4.39 Å². The molecule has 1 aromatic carbocycles. The number of nitrogen functional groups attached to an aromatic ring is 1. The van der Waals surface area contributed by atoms with Gasteiger partial charge in [0.25, 0.3) is 0 Å². The Morgan fingerprint density at radius 2 is 2.03 bits per heavy atom. The van der Waals surface area contributed by atoms with Gasteiger partial charge in [-0.2, -0.15) is 0 Å². The second-order valence-corrected chi connectivity index (χ2v) is 7.74. The highest BCUT2D eigenvalue weighted by molar-refractivity contribution is 6.00. The Balaban J connectivity index is 0.00000160. The van der Waals surface area contributed by atoms with Crippen LogP contribution in [-0.4, -0.2) is 41.8 Å². The summed E-state index contributed by atoms with van der Waals surface area (Å²) in [7, 11) is 0. The van der Waals surface area contributed by atoms with Gasteiger partial charge in [0.15, 0.2) is 0 Å². The highest BCUT2D eigenvalue weighted by Gasteiger charge is 2.31. The molecule has 0 bridgehead atoms. The number of nitrogens with two attached hydrogens (primary N) is 1. The summed E-state index contributed by atoms with van der Waals surface area (Å²) in [5, 5.41) is 12.7. The van der Waals surface area contributed by atoms with Gasteiger partial charge in [0.2, 0.25) is 5.43 Å². The van der Waals surface area contributed by atoms with E-state index in [-0.39, 0.29) is 47.5 Å². The molecule has 0 radical (unpaired) electrons. The van der Waals surface area contributed by atoms with E-state index in [1.165, 1.54) is 6.20 Å². The molecule has 1 saturated heterocycles. The average molecular weight is 461 g/mol. The number of aromatic nitrogens is 1. The second kappa shape index (κ2) is 9.41. The van der Waals surface area contributed by atoms with Crippen LogP contribution in [0.15, 0.2) is 17.1 Å². The van der Waals surface area contributed by atoms with Crippen LogP contribution in [0.4, 0.5) is 15.8 Å². The van der Waals surface area contributed by atoms with Crippen LogP contribution in [0, 0.1) is 11.7 Å². The van der Waals surface area contributed by atoms with Crippen molar-refractivity contribution in [2.75, 3.05) is 36.8 Å². The molecular weight excluding hydrogens is 434 g/mol. The molecule has 4 rings (SSSR count). The largest absolute Gasteiger partial charge is 0.477 e. The fraction of sp³-hybridized carbons (Fsp3) is 0.500. The normalized spacial score (nSPS) is 18.2. The molecule has 2 aliphatic rings. The number of carbonyl (C=O) groups is 1. The molecule has 1 aliphatic heterocycles. The molecule has 1 aromatic heterocycles. The van der Waals surface area contributed by atoms with E-state index in [4.69, 9.17) is 5.73 Å². The Morgan fingerprint density at radius 3 is 2.63 bits per heavy atom. The number of pyridine rings is 1. The Hall–Kier alpha value is -2.03. The van der Waals surface area contributed by atoms with Crippen molar-refractivity contribution in [2.45, 2.75) is 32.2 Å². The molecule has 30 heavy (non-hydrogen) atoms. The van der Waals surface area contributed by atoms with Gasteiger partial charge in [-0.15, -0.1) is 24.8 Å². The molecule has 1 atom stereocenters. The lowest BCUT2D eigenvalue weighted by Crippen LogP contribution is -2.27. The lowest BCUT2D eigenvalue weighted by molar-refractivity contribution is 0.0695. The highest BCUT2D eigenvalue weighted by atomic mass is 35.5. The van der Waals surface area contributed by atoms with Crippen molar-refractivity contribution in [3.8, 4) is 0 Å². The Labute approximate surface area is 186 Å². The predicted molar refractivity (Wildman–Crippen MR) is 121 cm³/mol. The van der Waals surface area contributed by atoms with Crippen LogP contribution in [0.3, 0.4) is 0 Å². The summed E-state index contributed by atoms with van der Waals surface area (Å²) in [6, 6.07) is 1.26. The first kappa shape index (κ1) is 24.2. The summed E-state index contributed by atoms with van der Waals surface area (Å²) < 4.78 is 16.8. The minimum atomic E-state index is -1.31. The smallest absolute Gasteiger partial charge is 0.341 e. The number of halogens is 3.